The van der Waals surface area contributed by atoms with E-state index >= 15 is 0 Å². The lowest BCUT2D eigenvalue weighted by atomic mass is 9.97. The lowest BCUT2D eigenvalue weighted by molar-refractivity contribution is -0.138. The number of anilines is 1. The summed E-state index contributed by atoms with van der Waals surface area (Å²) in [4.78, 5) is 26.9. The summed E-state index contributed by atoms with van der Waals surface area (Å²) in [5, 5.41) is 6.35. The minimum absolute atomic E-state index is 0.00553. The maximum atomic E-state index is 12.9. The highest BCUT2D eigenvalue weighted by Gasteiger charge is 2.24. The molecule has 1 rings (SSSR count). The zero-order valence-corrected chi connectivity index (χ0v) is 15.9. The standard InChI is InChI=1S/C19H33N3O3/c1-4-7-9-10-13-22(19(24)16(6-3)11-8-5-2)15-18(23)20-17-12-14-25-21-17/h12,14,16H,4-11,13,15H2,1-3H3,(H,20,21,23)/t16-/m0/s1. The second kappa shape index (κ2) is 12.5. The molecule has 0 aliphatic rings. The van der Waals surface area contributed by atoms with Crippen LogP contribution in [0.3, 0.4) is 0 Å². The Bertz CT molecular complexity index is 488. The number of carbonyl (C=O) groups is 2. The van der Waals surface area contributed by atoms with E-state index in [1.165, 1.54) is 6.26 Å². The monoisotopic (exact) mass is 351 g/mol. The summed E-state index contributed by atoms with van der Waals surface area (Å²) < 4.78 is 4.71. The van der Waals surface area contributed by atoms with Gasteiger partial charge in [0.25, 0.3) is 0 Å². The average Bonchev–Trinajstić information content (AvgIpc) is 3.11. The molecular formula is C19H33N3O3. The topological polar surface area (TPSA) is 75.4 Å². The quantitative estimate of drug-likeness (QED) is 0.539. The highest BCUT2D eigenvalue weighted by atomic mass is 16.5. The zero-order chi connectivity index (χ0) is 18.5. The first kappa shape index (κ1) is 21.2. The molecule has 1 atom stereocenters. The van der Waals surface area contributed by atoms with E-state index in [4.69, 9.17) is 4.52 Å². The summed E-state index contributed by atoms with van der Waals surface area (Å²) in [6.45, 7) is 7.04. The Morgan fingerprint density at radius 1 is 1.16 bits per heavy atom. The van der Waals surface area contributed by atoms with Crippen LogP contribution >= 0.6 is 0 Å². The van der Waals surface area contributed by atoms with Crippen LogP contribution in [0.5, 0.6) is 0 Å². The van der Waals surface area contributed by atoms with Crippen LogP contribution in [0.25, 0.3) is 0 Å². The first-order valence-corrected chi connectivity index (χ1v) is 9.61. The van der Waals surface area contributed by atoms with Crippen molar-refractivity contribution < 1.29 is 14.1 Å². The van der Waals surface area contributed by atoms with Gasteiger partial charge in [0.2, 0.25) is 11.8 Å². The predicted molar refractivity (Wildman–Crippen MR) is 99.2 cm³/mol. The second-order valence-corrected chi connectivity index (χ2v) is 6.50. The Kier molecular flexibility index (Phi) is 10.6. The Hall–Kier alpha value is -1.85. The molecule has 0 saturated carbocycles. The maximum absolute atomic E-state index is 12.9. The van der Waals surface area contributed by atoms with Crippen LogP contribution in [0.15, 0.2) is 16.9 Å². The Morgan fingerprint density at radius 2 is 1.92 bits per heavy atom. The molecule has 0 bridgehead atoms. The van der Waals surface area contributed by atoms with Gasteiger partial charge in [-0.2, -0.15) is 0 Å². The minimum atomic E-state index is -0.233. The fraction of sp³-hybridized carbons (Fsp3) is 0.737. The molecule has 25 heavy (non-hydrogen) atoms. The molecule has 0 aromatic carbocycles. The summed E-state index contributed by atoms with van der Waals surface area (Å²) in [7, 11) is 0. The molecule has 1 aromatic heterocycles. The molecule has 142 valence electrons. The number of aromatic nitrogens is 1. The number of amides is 2. The van der Waals surface area contributed by atoms with Gasteiger partial charge >= 0.3 is 0 Å². The van der Waals surface area contributed by atoms with Crippen LogP contribution in [0.2, 0.25) is 0 Å². The van der Waals surface area contributed by atoms with E-state index in [9.17, 15) is 9.59 Å². The predicted octanol–water partition coefficient (Wildman–Crippen LogP) is 4.24. The average molecular weight is 351 g/mol. The molecule has 0 unspecified atom stereocenters. The lowest BCUT2D eigenvalue weighted by Gasteiger charge is -2.26. The van der Waals surface area contributed by atoms with Gasteiger partial charge in [-0.3, -0.25) is 9.59 Å². The van der Waals surface area contributed by atoms with Crippen LogP contribution in [0.1, 0.15) is 72.1 Å². The molecule has 0 aliphatic carbocycles. The van der Waals surface area contributed by atoms with Gasteiger partial charge in [-0.25, -0.2) is 0 Å². The molecule has 0 radical (unpaired) electrons. The number of hydrogen-bond acceptors (Lipinski definition) is 4. The highest BCUT2D eigenvalue weighted by molar-refractivity contribution is 5.94. The van der Waals surface area contributed by atoms with Crippen LogP contribution in [0.4, 0.5) is 5.82 Å². The molecule has 1 aromatic rings. The van der Waals surface area contributed by atoms with Crippen molar-refractivity contribution in [3.8, 4) is 0 Å². The molecule has 1 heterocycles. The lowest BCUT2D eigenvalue weighted by Crippen LogP contribution is -2.42. The SMILES string of the molecule is CCCCCCN(CC(=O)Nc1ccon1)C(=O)[C@@H](CC)CCCC. The molecule has 0 saturated heterocycles. The third kappa shape index (κ3) is 8.18. The van der Waals surface area contributed by atoms with Crippen molar-refractivity contribution in [1.82, 2.24) is 10.1 Å². The van der Waals surface area contributed by atoms with Gasteiger partial charge in [0.1, 0.15) is 6.26 Å². The van der Waals surface area contributed by atoms with Crippen molar-refractivity contribution in [3.63, 3.8) is 0 Å². The van der Waals surface area contributed by atoms with E-state index in [2.05, 4.69) is 24.3 Å². The third-order valence-electron chi connectivity index (χ3n) is 4.38. The minimum Gasteiger partial charge on any atom is -0.363 e. The number of hydrogen-bond donors (Lipinski definition) is 1. The summed E-state index contributed by atoms with van der Waals surface area (Å²) >= 11 is 0. The Labute approximate surface area is 151 Å². The molecule has 2 amide bonds. The number of nitrogens with zero attached hydrogens (tertiary/aromatic N) is 2. The van der Waals surface area contributed by atoms with Gasteiger partial charge < -0.3 is 14.7 Å². The maximum Gasteiger partial charge on any atom is 0.245 e. The van der Waals surface area contributed by atoms with Crippen molar-refractivity contribution in [2.75, 3.05) is 18.4 Å². The van der Waals surface area contributed by atoms with Crippen molar-refractivity contribution in [2.45, 2.75) is 72.1 Å². The highest BCUT2D eigenvalue weighted by Crippen LogP contribution is 2.17. The first-order valence-electron chi connectivity index (χ1n) is 9.61. The van der Waals surface area contributed by atoms with Crippen molar-refractivity contribution in [2.24, 2.45) is 5.92 Å². The van der Waals surface area contributed by atoms with Crippen LogP contribution in [-0.2, 0) is 9.59 Å². The number of unbranched alkanes of at least 4 members (excludes halogenated alkanes) is 4. The van der Waals surface area contributed by atoms with Crippen molar-refractivity contribution in [3.05, 3.63) is 12.3 Å². The number of rotatable bonds is 13. The smallest absolute Gasteiger partial charge is 0.245 e. The fourth-order valence-electron chi connectivity index (χ4n) is 2.84. The molecule has 1 N–H and O–H groups in total. The largest absolute Gasteiger partial charge is 0.363 e. The zero-order valence-electron chi connectivity index (χ0n) is 15.9. The van der Waals surface area contributed by atoms with Gasteiger partial charge in [-0.1, -0.05) is 58.0 Å². The van der Waals surface area contributed by atoms with Crippen molar-refractivity contribution in [1.29, 1.82) is 0 Å². The summed E-state index contributed by atoms with van der Waals surface area (Å²) in [6, 6.07) is 1.58. The molecule has 0 aliphatic heterocycles. The van der Waals surface area contributed by atoms with Crippen molar-refractivity contribution >= 4 is 17.6 Å². The van der Waals surface area contributed by atoms with E-state index in [1.807, 2.05) is 6.92 Å². The van der Waals surface area contributed by atoms with Gasteiger partial charge in [0.15, 0.2) is 5.82 Å². The molecular weight excluding hydrogens is 318 g/mol. The summed E-state index contributed by atoms with van der Waals surface area (Å²) in [6.07, 6.45) is 9.54. The molecule has 0 fully saturated rings. The second-order valence-electron chi connectivity index (χ2n) is 6.50. The normalized spacial score (nSPS) is 12.0. The van der Waals surface area contributed by atoms with E-state index in [1.54, 1.807) is 11.0 Å². The summed E-state index contributed by atoms with van der Waals surface area (Å²) in [5.74, 6) is 0.248. The van der Waals surface area contributed by atoms with Crippen LogP contribution in [0, 0.1) is 5.92 Å². The van der Waals surface area contributed by atoms with E-state index in [0.717, 1.165) is 51.4 Å². The van der Waals surface area contributed by atoms with Gasteiger partial charge in [0.05, 0.1) is 6.54 Å². The van der Waals surface area contributed by atoms with E-state index in [0.29, 0.717) is 12.4 Å². The van der Waals surface area contributed by atoms with E-state index < -0.39 is 0 Å². The Balaban J connectivity index is 2.65. The summed E-state index contributed by atoms with van der Waals surface area (Å²) in [5.41, 5.74) is 0. The third-order valence-corrected chi connectivity index (χ3v) is 4.38. The van der Waals surface area contributed by atoms with Gasteiger partial charge in [-0.05, 0) is 19.3 Å². The molecule has 6 nitrogen and oxygen atoms in total. The van der Waals surface area contributed by atoms with Gasteiger partial charge in [-0.15, -0.1) is 0 Å². The number of nitrogens with one attached hydrogen (secondary N) is 1. The first-order chi connectivity index (χ1) is 12.1. The molecule has 6 heteroatoms. The number of carbonyl (C=O) groups excluding carboxylic acids is 2. The van der Waals surface area contributed by atoms with Gasteiger partial charge in [0, 0.05) is 18.5 Å². The molecule has 0 spiro atoms. The Morgan fingerprint density at radius 3 is 2.52 bits per heavy atom. The van der Waals surface area contributed by atoms with Crippen LogP contribution in [-0.4, -0.2) is 35.0 Å². The van der Waals surface area contributed by atoms with E-state index in [-0.39, 0.29) is 24.3 Å². The van der Waals surface area contributed by atoms with Crippen LogP contribution < -0.4 is 5.32 Å². The fourth-order valence-corrected chi connectivity index (χ4v) is 2.84.